The molecule has 4 aliphatic rings. The van der Waals surface area contributed by atoms with E-state index in [-0.39, 0.29) is 33.8 Å². The molecule has 4 heteroatoms. The molecule has 0 atom stereocenters. The summed E-state index contributed by atoms with van der Waals surface area (Å²) in [7, 11) is 0. The predicted octanol–water partition coefficient (Wildman–Crippen LogP) is 16.7. The number of fused-ring (bicyclic) bond motifs is 6. The van der Waals surface area contributed by atoms with Gasteiger partial charge in [-0.1, -0.05) is 167 Å². The van der Waals surface area contributed by atoms with Crippen LogP contribution < -0.4 is 31.1 Å². The fourth-order valence-electron chi connectivity index (χ4n) is 14.2. The maximum Gasteiger partial charge on any atom is 0.252 e. The molecule has 2 aliphatic carbocycles. The molecule has 0 saturated heterocycles. The van der Waals surface area contributed by atoms with Gasteiger partial charge in [-0.25, -0.2) is 0 Å². The number of hydrogen-bond acceptors (Lipinski definition) is 3. The first kappa shape index (κ1) is 46.3. The normalized spacial score (nSPS) is 17.2. The number of anilines is 9. The molecular formula is C68H70BN3. The first-order valence-corrected chi connectivity index (χ1v) is 26.5. The van der Waals surface area contributed by atoms with Gasteiger partial charge >= 0.3 is 0 Å². The third-order valence-corrected chi connectivity index (χ3v) is 17.1. The van der Waals surface area contributed by atoms with Gasteiger partial charge in [-0.05, 0) is 187 Å². The Bertz CT molecular complexity index is 3440. The summed E-state index contributed by atoms with van der Waals surface area (Å²) in [6.45, 7) is 31.3. The number of nitrogens with zero attached hydrogens (tertiary/aromatic N) is 3. The van der Waals surface area contributed by atoms with Crippen LogP contribution in [0.25, 0.3) is 11.1 Å². The minimum absolute atomic E-state index is 0.0118. The SMILES string of the molecule is Cc1cc2c3c(c1)N(c1ccc(C(C)(C)C)cc1-c1ccccc1)c1cc4c(cc1B3c1ccc(N(c3ccccc3)c3ccccc3)cc1N2c1cc2c(cc1C)C(C)(C)CC2(C)C)C(C)(C)CC4(C)C. The van der Waals surface area contributed by atoms with Gasteiger partial charge in [0.05, 0.1) is 5.69 Å². The van der Waals surface area contributed by atoms with Crippen LogP contribution in [-0.4, -0.2) is 6.71 Å². The van der Waals surface area contributed by atoms with Crippen molar-refractivity contribution in [1.82, 2.24) is 0 Å². The van der Waals surface area contributed by atoms with Gasteiger partial charge in [-0.2, -0.15) is 0 Å². The van der Waals surface area contributed by atoms with Gasteiger partial charge in [0, 0.05) is 51.1 Å². The highest BCUT2D eigenvalue weighted by Gasteiger charge is 2.49. The Morgan fingerprint density at radius 1 is 0.431 bits per heavy atom. The van der Waals surface area contributed by atoms with Crippen LogP contribution in [-0.2, 0) is 27.1 Å². The number of benzene rings is 8. The Hall–Kier alpha value is -6.78. The first-order chi connectivity index (χ1) is 34.1. The standard InChI is InChI=1S/C68H70BN3/c1-43-33-61-63-62(34-43)72(58-39-53-51(35-44(58)2)65(6,7)41-67(53,10)11)59-37-49(70(47-25-19-15-20-26-47)48-27-21-16-22-28-48)30-31-55(59)69(63)56-38-52-54(68(12,13)42-66(52,8)9)40-60(56)71(61)57-32-29-46(64(3,4)5)36-50(57)45-23-17-14-18-24-45/h14-40H,41-42H2,1-13H3. The van der Waals surface area contributed by atoms with E-state index >= 15 is 0 Å². The molecule has 0 N–H and O–H groups in total. The minimum atomic E-state index is -0.0247. The molecule has 0 aromatic heterocycles. The Labute approximate surface area is 430 Å². The van der Waals surface area contributed by atoms with Crippen molar-refractivity contribution in [3.63, 3.8) is 0 Å². The molecular weight excluding hydrogens is 870 g/mol. The van der Waals surface area contributed by atoms with Crippen LogP contribution in [0.2, 0.25) is 0 Å². The molecule has 0 spiro atoms. The van der Waals surface area contributed by atoms with Crippen LogP contribution in [0, 0.1) is 13.8 Å². The second kappa shape index (κ2) is 15.9. The predicted molar refractivity (Wildman–Crippen MR) is 310 cm³/mol. The van der Waals surface area contributed by atoms with Gasteiger partial charge < -0.3 is 14.7 Å². The van der Waals surface area contributed by atoms with Crippen molar-refractivity contribution in [2.45, 2.75) is 130 Å². The van der Waals surface area contributed by atoms with Crippen molar-refractivity contribution in [1.29, 1.82) is 0 Å². The van der Waals surface area contributed by atoms with E-state index in [1.165, 1.54) is 101 Å². The lowest BCUT2D eigenvalue weighted by Gasteiger charge is -2.46. The molecule has 8 aromatic rings. The molecule has 360 valence electrons. The molecule has 8 aromatic carbocycles. The van der Waals surface area contributed by atoms with Crippen LogP contribution in [0.4, 0.5) is 51.2 Å². The number of rotatable bonds is 6. The summed E-state index contributed by atoms with van der Waals surface area (Å²) in [5.41, 5.74) is 27.3. The molecule has 0 radical (unpaired) electrons. The smallest absolute Gasteiger partial charge is 0.252 e. The summed E-state index contributed by atoms with van der Waals surface area (Å²) in [6, 6.07) is 63.0. The Morgan fingerprint density at radius 3 is 1.47 bits per heavy atom. The lowest BCUT2D eigenvalue weighted by molar-refractivity contribution is 0.402. The van der Waals surface area contributed by atoms with Crippen molar-refractivity contribution < 1.29 is 0 Å². The van der Waals surface area contributed by atoms with Gasteiger partial charge in [0.1, 0.15) is 0 Å². The zero-order valence-corrected chi connectivity index (χ0v) is 44.9. The zero-order valence-electron chi connectivity index (χ0n) is 44.9. The Morgan fingerprint density at radius 2 is 0.917 bits per heavy atom. The average Bonchev–Trinajstić information content (AvgIpc) is 3.64. The fourth-order valence-corrected chi connectivity index (χ4v) is 14.2. The minimum Gasteiger partial charge on any atom is -0.311 e. The lowest BCUT2D eigenvalue weighted by atomic mass is 9.33. The van der Waals surface area contributed by atoms with Gasteiger partial charge in [-0.15, -0.1) is 0 Å². The highest BCUT2D eigenvalue weighted by molar-refractivity contribution is 7.00. The van der Waals surface area contributed by atoms with Crippen LogP contribution in [0.15, 0.2) is 164 Å². The quantitative estimate of drug-likeness (QED) is 0.154. The monoisotopic (exact) mass is 940 g/mol. The van der Waals surface area contributed by atoms with Crippen LogP contribution in [0.3, 0.4) is 0 Å². The summed E-state index contributed by atoms with van der Waals surface area (Å²) in [5, 5.41) is 0. The highest BCUT2D eigenvalue weighted by atomic mass is 15.2. The number of hydrogen-bond donors (Lipinski definition) is 0. The van der Waals surface area contributed by atoms with E-state index in [4.69, 9.17) is 0 Å². The molecule has 3 nitrogen and oxygen atoms in total. The maximum absolute atomic E-state index is 2.68. The van der Waals surface area contributed by atoms with Crippen molar-refractivity contribution in [3.05, 3.63) is 203 Å². The molecule has 0 bridgehead atoms. The van der Waals surface area contributed by atoms with Crippen molar-refractivity contribution in [2.75, 3.05) is 14.7 Å². The Balaban J connectivity index is 1.20. The third kappa shape index (κ3) is 7.14. The number of para-hydroxylation sites is 2. The van der Waals surface area contributed by atoms with E-state index in [1.54, 1.807) is 0 Å². The first-order valence-electron chi connectivity index (χ1n) is 26.5. The molecule has 12 rings (SSSR count). The van der Waals surface area contributed by atoms with E-state index in [1.807, 2.05) is 0 Å². The molecule has 0 saturated carbocycles. The summed E-state index contributed by atoms with van der Waals surface area (Å²) < 4.78 is 0. The second-order valence-corrected chi connectivity index (χ2v) is 25.4. The van der Waals surface area contributed by atoms with E-state index in [0.717, 1.165) is 29.9 Å². The molecule has 72 heavy (non-hydrogen) atoms. The molecule has 0 amide bonds. The topological polar surface area (TPSA) is 9.72 Å². The molecule has 0 fully saturated rings. The van der Waals surface area contributed by atoms with Gasteiger partial charge in [0.15, 0.2) is 0 Å². The van der Waals surface area contributed by atoms with E-state index < -0.39 is 0 Å². The summed E-state index contributed by atoms with van der Waals surface area (Å²) in [4.78, 5) is 7.79. The van der Waals surface area contributed by atoms with E-state index in [2.05, 4.69) is 269 Å². The average molecular weight is 940 g/mol. The van der Waals surface area contributed by atoms with Crippen LogP contribution >= 0.6 is 0 Å². The second-order valence-electron chi connectivity index (χ2n) is 25.4. The van der Waals surface area contributed by atoms with E-state index in [9.17, 15) is 0 Å². The van der Waals surface area contributed by atoms with Crippen molar-refractivity contribution in [2.24, 2.45) is 0 Å². The summed E-state index contributed by atoms with van der Waals surface area (Å²) in [6.07, 6.45) is 2.22. The molecule has 2 aliphatic heterocycles. The van der Waals surface area contributed by atoms with Crippen LogP contribution in [0.5, 0.6) is 0 Å². The summed E-state index contributed by atoms with van der Waals surface area (Å²) in [5.74, 6) is 0. The van der Waals surface area contributed by atoms with Crippen LogP contribution in [0.1, 0.15) is 128 Å². The summed E-state index contributed by atoms with van der Waals surface area (Å²) >= 11 is 0. The number of aryl methyl sites for hydroxylation is 2. The largest absolute Gasteiger partial charge is 0.311 e. The van der Waals surface area contributed by atoms with Gasteiger partial charge in [-0.3, -0.25) is 0 Å². The maximum atomic E-state index is 2.68. The highest BCUT2D eigenvalue weighted by Crippen LogP contribution is 2.56. The fraction of sp³-hybridized carbons (Fsp3) is 0.294. The van der Waals surface area contributed by atoms with Crippen molar-refractivity contribution >= 4 is 74.3 Å². The lowest BCUT2D eigenvalue weighted by Crippen LogP contribution is -2.61. The van der Waals surface area contributed by atoms with Crippen molar-refractivity contribution in [3.8, 4) is 11.1 Å². The third-order valence-electron chi connectivity index (χ3n) is 17.1. The van der Waals surface area contributed by atoms with E-state index in [0.29, 0.717) is 0 Å². The Kier molecular flexibility index (Phi) is 10.2. The molecule has 0 unspecified atom stereocenters. The molecule has 2 heterocycles. The zero-order chi connectivity index (χ0) is 50.4. The van der Waals surface area contributed by atoms with Gasteiger partial charge in [0.2, 0.25) is 0 Å². The van der Waals surface area contributed by atoms with Gasteiger partial charge in [0.25, 0.3) is 6.71 Å².